The average molecular weight is 736 g/mol. The number of hydrogen-bond acceptors (Lipinski definition) is 5. The lowest BCUT2D eigenvalue weighted by Crippen LogP contribution is -1.93. The molecule has 52 heavy (non-hydrogen) atoms. The van der Waals surface area contributed by atoms with Crippen molar-refractivity contribution in [2.24, 2.45) is 0 Å². The summed E-state index contributed by atoms with van der Waals surface area (Å²) in [5.74, 6) is 0. The molecule has 12 aromatic rings. The molecule has 0 atom stereocenters. The molecule has 6 heteroatoms. The number of benzene rings is 7. The van der Waals surface area contributed by atoms with Gasteiger partial charge in [-0.15, -0.1) is 34.0 Å². The van der Waals surface area contributed by atoms with Gasteiger partial charge in [0.2, 0.25) is 0 Å². The minimum absolute atomic E-state index is 0.0111. The van der Waals surface area contributed by atoms with Crippen molar-refractivity contribution in [3.8, 4) is 28.1 Å². The highest BCUT2D eigenvalue weighted by atomic mass is 32.1. The highest BCUT2D eigenvalue weighted by Gasteiger charge is 2.20. The van der Waals surface area contributed by atoms with Crippen LogP contribution in [0.25, 0.3) is 111 Å². The normalized spacial score (nSPS) is 17.6. The third-order valence-corrected chi connectivity index (χ3v) is 12.5. The third kappa shape index (κ3) is 4.00. The van der Waals surface area contributed by atoms with Crippen LogP contribution in [0.4, 0.5) is 0 Å². The molecule has 0 unspecified atom stereocenters. The Kier molecular flexibility index (Phi) is 3.27. The monoisotopic (exact) mass is 735 g/mol. The van der Waals surface area contributed by atoms with E-state index in [-0.39, 0.29) is 120 Å². The fourth-order valence-corrected chi connectivity index (χ4v) is 10.2. The van der Waals surface area contributed by atoms with Crippen molar-refractivity contribution in [3.05, 3.63) is 151 Å². The van der Waals surface area contributed by atoms with Gasteiger partial charge in [0.25, 0.3) is 0 Å². The van der Waals surface area contributed by atoms with Gasteiger partial charge in [0.1, 0.15) is 6.33 Å². The Hall–Kier alpha value is -5.92. The van der Waals surface area contributed by atoms with E-state index in [4.69, 9.17) is 20.6 Å². The summed E-state index contributed by atoms with van der Waals surface area (Å²) < 4.78 is 180. The van der Waals surface area contributed by atoms with Crippen LogP contribution in [0.15, 0.2) is 151 Å². The Labute approximate surface area is 337 Å². The molecule has 0 spiro atoms. The van der Waals surface area contributed by atoms with E-state index in [1.165, 1.54) is 28.3 Å². The van der Waals surface area contributed by atoms with Gasteiger partial charge in [-0.1, -0.05) is 96.7 Å². The van der Waals surface area contributed by atoms with E-state index in [9.17, 15) is 6.85 Å². The molecule has 12 rings (SSSR count). The zero-order chi connectivity index (χ0) is 51.3. The van der Waals surface area contributed by atoms with E-state index in [0.29, 0.717) is 20.3 Å². The van der Waals surface area contributed by atoms with Gasteiger partial charge in [-0.05, 0) is 59.5 Å². The molecule has 0 aliphatic heterocycles. The number of nitrogens with zero attached hydrogens (tertiary/aromatic N) is 3. The second-order valence-electron chi connectivity index (χ2n) is 11.8. The van der Waals surface area contributed by atoms with E-state index >= 15 is 0 Å². The molecule has 5 aromatic heterocycles. The van der Waals surface area contributed by atoms with Gasteiger partial charge in [-0.2, -0.15) is 0 Å². The van der Waals surface area contributed by atoms with Crippen molar-refractivity contribution in [1.82, 2.24) is 14.5 Å². The van der Waals surface area contributed by atoms with Crippen LogP contribution in [-0.4, -0.2) is 14.5 Å². The molecule has 5 heterocycles. The zero-order valence-corrected chi connectivity index (χ0v) is 28.4. The maximum Gasteiger partial charge on any atom is 0.116 e. The second kappa shape index (κ2) is 10.8. The molecule has 0 radical (unpaired) electrons. The fourth-order valence-electron chi connectivity index (χ4n) is 6.86. The van der Waals surface area contributed by atoms with E-state index < -0.39 is 90.6 Å². The van der Waals surface area contributed by atoms with Crippen molar-refractivity contribution in [1.29, 1.82) is 0 Å². The predicted octanol–water partition coefficient (Wildman–Crippen LogP) is 14.0. The molecular formula is C46H25N3S3. The number of rotatable bonds is 3. The molecule has 242 valence electrons. The van der Waals surface area contributed by atoms with Gasteiger partial charge in [0.15, 0.2) is 0 Å². The van der Waals surface area contributed by atoms with E-state index in [0.717, 1.165) is 22.7 Å². The highest BCUT2D eigenvalue weighted by Crippen LogP contribution is 2.45. The SMILES string of the molecule is [2H]c1cc([2H])c(-c2c([2H])c([2H])c([2H])c3c2sc2c([2H])c([2H])c([2H])c([2H])c23)c([2H])c1-c1ncnc2c1sc1ccc(-n3c4c([2H])c([2H])c([2H])c([2H])c4c4c5sc6c([2H])c([2H])c([2H])c([2H])c6c5c([2H])c([2H])c43)cc12. The maximum atomic E-state index is 9.67. The third-order valence-electron chi connectivity index (χ3n) is 9.07. The summed E-state index contributed by atoms with van der Waals surface area (Å²) in [6.45, 7) is 0. The van der Waals surface area contributed by atoms with E-state index in [1.807, 2.05) is 0 Å². The Balaban J connectivity index is 1.13. The van der Waals surface area contributed by atoms with Gasteiger partial charge in [0, 0.05) is 72.5 Å². The summed E-state index contributed by atoms with van der Waals surface area (Å²) in [4.78, 5) is 9.16. The van der Waals surface area contributed by atoms with Crippen molar-refractivity contribution in [2.75, 3.05) is 0 Å². The lowest BCUT2D eigenvalue weighted by molar-refractivity contribution is 1.19. The molecule has 0 saturated carbocycles. The maximum absolute atomic E-state index is 9.67. The average Bonchev–Trinajstić information content (AvgIpc) is 4.14. The summed E-state index contributed by atoms with van der Waals surface area (Å²) >= 11 is 3.00. The van der Waals surface area contributed by atoms with Crippen molar-refractivity contribution >= 4 is 116 Å². The van der Waals surface area contributed by atoms with Crippen molar-refractivity contribution in [3.63, 3.8) is 0 Å². The van der Waals surface area contributed by atoms with Crippen LogP contribution in [0.5, 0.6) is 0 Å². The summed E-state index contributed by atoms with van der Waals surface area (Å²) in [6, 6.07) is -2.93. The van der Waals surface area contributed by atoms with Crippen LogP contribution in [0.2, 0.25) is 0 Å². The number of fused-ring (bicyclic) bond motifs is 13. The van der Waals surface area contributed by atoms with Crippen molar-refractivity contribution < 1.29 is 27.4 Å². The fraction of sp³-hybridized carbons (Fsp3) is 0. The first kappa shape index (κ1) is 15.8. The Morgan fingerprint density at radius 3 is 2.10 bits per heavy atom. The second-order valence-corrected chi connectivity index (χ2v) is 14.9. The highest BCUT2D eigenvalue weighted by molar-refractivity contribution is 7.27. The van der Waals surface area contributed by atoms with Crippen molar-refractivity contribution in [2.45, 2.75) is 0 Å². The molecule has 0 N–H and O–H groups in total. The van der Waals surface area contributed by atoms with Crippen LogP contribution in [0, 0.1) is 0 Å². The summed E-state index contributed by atoms with van der Waals surface area (Å²) in [6.07, 6.45) is 1.22. The first-order valence-electron chi connectivity index (χ1n) is 25.7. The van der Waals surface area contributed by atoms with Crippen LogP contribution >= 0.6 is 34.0 Å². The number of para-hydroxylation sites is 1. The summed E-state index contributed by atoms with van der Waals surface area (Å²) in [5, 5.41) is 0.674. The molecule has 0 aliphatic carbocycles. The number of thiophene rings is 3. The Morgan fingerprint density at radius 2 is 1.23 bits per heavy atom. The molecular weight excluding hydrogens is 691 g/mol. The predicted molar refractivity (Wildman–Crippen MR) is 226 cm³/mol. The van der Waals surface area contributed by atoms with E-state index in [1.54, 1.807) is 18.2 Å². The first-order valence-corrected chi connectivity index (χ1v) is 18.1. The quantitative estimate of drug-likeness (QED) is 0.181. The molecule has 0 aliphatic rings. The molecule has 0 fully saturated rings. The molecule has 0 amide bonds. The zero-order valence-electron chi connectivity index (χ0n) is 46.0. The molecule has 0 saturated heterocycles. The van der Waals surface area contributed by atoms with Crippen LogP contribution in [-0.2, 0) is 0 Å². The smallest absolute Gasteiger partial charge is 0.116 e. The standard InChI is InChI=1S/C46H25N3S3/c1-4-16-36-34(13-1)41-37(21-20-33-31-12-3-6-18-39(31)51-45(33)41)49(36)28-19-22-40-35(24-28)43-46(52-40)42(47-25-48-43)27-10-7-9-26(23-27)29-14-8-15-32-30-11-2-5-17-38(30)50-44(29)32/h1-25H/i1D,2D,3D,4D,5D,6D,8D,9D,10D,11D,12D,13D,14D,15D,16D,17D,18D,20D,21D,23D. The first-order chi connectivity index (χ1) is 34.1. The van der Waals surface area contributed by atoms with Gasteiger partial charge in [-0.3, -0.25) is 0 Å². The van der Waals surface area contributed by atoms with Crippen LogP contribution in [0.3, 0.4) is 0 Å². The van der Waals surface area contributed by atoms with Gasteiger partial charge >= 0.3 is 0 Å². The number of hydrogen-bond donors (Lipinski definition) is 0. The van der Waals surface area contributed by atoms with E-state index in [2.05, 4.69) is 9.97 Å². The molecule has 0 bridgehead atoms. The summed E-state index contributed by atoms with van der Waals surface area (Å²) in [7, 11) is 0. The summed E-state index contributed by atoms with van der Waals surface area (Å²) in [5.41, 5.74) is 0.311. The topological polar surface area (TPSA) is 30.7 Å². The molecule has 7 aromatic carbocycles. The number of aromatic nitrogens is 3. The lowest BCUT2D eigenvalue weighted by atomic mass is 9.99. The minimum atomic E-state index is -0.595. The van der Waals surface area contributed by atoms with Crippen LogP contribution < -0.4 is 0 Å². The minimum Gasteiger partial charge on any atom is -0.309 e. The van der Waals surface area contributed by atoms with Gasteiger partial charge in [0.05, 0.1) is 54.4 Å². The Bertz CT molecular complexity index is 4590. The van der Waals surface area contributed by atoms with Crippen LogP contribution in [0.1, 0.15) is 27.4 Å². The Morgan fingerprint density at radius 1 is 0.519 bits per heavy atom. The van der Waals surface area contributed by atoms with Gasteiger partial charge in [-0.25, -0.2) is 9.97 Å². The molecule has 3 nitrogen and oxygen atoms in total. The van der Waals surface area contributed by atoms with Gasteiger partial charge < -0.3 is 4.57 Å². The lowest BCUT2D eigenvalue weighted by Gasteiger charge is -2.08. The largest absolute Gasteiger partial charge is 0.309 e.